The van der Waals surface area contributed by atoms with Gasteiger partial charge < -0.3 is 19.9 Å². The van der Waals surface area contributed by atoms with E-state index in [0.29, 0.717) is 0 Å². The summed E-state index contributed by atoms with van der Waals surface area (Å²) in [4.78, 5) is 6.17. The van der Waals surface area contributed by atoms with Gasteiger partial charge in [0, 0.05) is 17.1 Å². The number of rotatable bonds is 9. The molecule has 1 saturated heterocycles. The van der Waals surface area contributed by atoms with Crippen molar-refractivity contribution < 1.29 is 4.74 Å². The van der Waals surface area contributed by atoms with Crippen LogP contribution in [0.15, 0.2) is 72.1 Å². The summed E-state index contributed by atoms with van der Waals surface area (Å²) in [5, 5.41) is 6.31. The van der Waals surface area contributed by atoms with E-state index in [9.17, 15) is 0 Å². The highest BCUT2D eigenvalue weighted by Gasteiger charge is 2.14. The summed E-state index contributed by atoms with van der Waals surface area (Å²) in [6.07, 6.45) is 3.79. The Kier molecular flexibility index (Phi) is 7.93. The van der Waals surface area contributed by atoms with Gasteiger partial charge in [-0.1, -0.05) is 24.3 Å². The summed E-state index contributed by atoms with van der Waals surface area (Å²) in [5.74, 6) is 1.64. The number of likely N-dealkylation sites (tertiary alicyclic amines) is 1. The molecule has 1 aromatic heterocycles. The van der Waals surface area contributed by atoms with Crippen LogP contribution in [0.5, 0.6) is 11.5 Å². The van der Waals surface area contributed by atoms with Crippen molar-refractivity contribution in [2.45, 2.75) is 25.8 Å². The molecule has 3 aromatic rings. The smallest absolute Gasteiger partial charge is 0.173 e. The second kappa shape index (κ2) is 11.3. The zero-order valence-corrected chi connectivity index (χ0v) is 19.3. The first-order valence-electron chi connectivity index (χ1n) is 10.9. The Labute approximate surface area is 194 Å². The number of anilines is 1. The fourth-order valence-corrected chi connectivity index (χ4v) is 4.76. The van der Waals surface area contributed by atoms with Gasteiger partial charge >= 0.3 is 0 Å². The van der Waals surface area contributed by atoms with Crippen molar-refractivity contribution in [2.75, 3.05) is 31.5 Å². The average Bonchev–Trinajstić information content (AvgIpc) is 3.49. The number of ether oxygens (including phenoxy) is 1. The molecule has 0 bridgehead atoms. The van der Waals surface area contributed by atoms with Crippen LogP contribution in [0.3, 0.4) is 0 Å². The Morgan fingerprint density at radius 1 is 0.968 bits per heavy atom. The maximum absolute atomic E-state index is 5.88. The molecule has 1 fully saturated rings. The van der Waals surface area contributed by atoms with Crippen LogP contribution < -0.4 is 10.1 Å². The molecule has 0 amide bonds. The molecule has 0 spiro atoms. The SMILES string of the molecule is S=C(Nc1ccc(Oc2ccccc2)cc1)N(CCCN1CCCC1)Cc1cccs1. The van der Waals surface area contributed by atoms with Gasteiger partial charge in [0.05, 0.1) is 6.54 Å². The van der Waals surface area contributed by atoms with Crippen LogP contribution in [0, 0.1) is 0 Å². The maximum Gasteiger partial charge on any atom is 0.173 e. The van der Waals surface area contributed by atoms with Crippen molar-refractivity contribution >= 4 is 34.4 Å². The predicted octanol–water partition coefficient (Wildman–Crippen LogP) is 6.23. The number of thiophene rings is 1. The van der Waals surface area contributed by atoms with Crippen molar-refractivity contribution in [3.63, 3.8) is 0 Å². The summed E-state index contributed by atoms with van der Waals surface area (Å²) in [6, 6.07) is 22.1. The topological polar surface area (TPSA) is 27.7 Å². The first kappa shape index (κ1) is 21.8. The van der Waals surface area contributed by atoms with E-state index in [1.165, 1.54) is 30.8 Å². The minimum absolute atomic E-state index is 0.770. The molecule has 1 aliphatic heterocycles. The summed E-state index contributed by atoms with van der Waals surface area (Å²) >= 11 is 7.57. The Bertz CT molecular complexity index is 923. The van der Waals surface area contributed by atoms with Gasteiger partial charge in [-0.05, 0) is 99.0 Å². The van der Waals surface area contributed by atoms with Crippen LogP contribution >= 0.6 is 23.6 Å². The van der Waals surface area contributed by atoms with Crippen LogP contribution in [0.25, 0.3) is 0 Å². The quantitative estimate of drug-likeness (QED) is 0.390. The van der Waals surface area contributed by atoms with Gasteiger partial charge in [0.2, 0.25) is 0 Å². The van der Waals surface area contributed by atoms with Crippen molar-refractivity contribution in [2.24, 2.45) is 0 Å². The van der Waals surface area contributed by atoms with Gasteiger partial charge in [0.1, 0.15) is 11.5 Å². The standard InChI is InChI=1S/C25H29N3OS2/c30-25(26-21-11-13-23(14-12-21)29-22-8-2-1-3-9-22)28(20-24-10-6-19-31-24)18-7-17-27-15-4-5-16-27/h1-3,6,8-14,19H,4-5,7,15-18,20H2,(H,26,30). The van der Waals surface area contributed by atoms with E-state index in [1.54, 1.807) is 11.3 Å². The van der Waals surface area contributed by atoms with E-state index in [-0.39, 0.29) is 0 Å². The van der Waals surface area contributed by atoms with Crippen LogP contribution in [-0.4, -0.2) is 41.1 Å². The molecule has 0 saturated carbocycles. The monoisotopic (exact) mass is 451 g/mol. The molecule has 2 aromatic carbocycles. The van der Waals surface area contributed by atoms with Crippen LogP contribution in [0.4, 0.5) is 5.69 Å². The van der Waals surface area contributed by atoms with Crippen molar-refractivity contribution in [1.82, 2.24) is 9.80 Å². The highest BCUT2D eigenvalue weighted by Crippen LogP contribution is 2.23. The fraction of sp³-hybridized carbons (Fsp3) is 0.320. The van der Waals surface area contributed by atoms with Gasteiger partial charge in [-0.2, -0.15) is 0 Å². The number of benzene rings is 2. The van der Waals surface area contributed by atoms with E-state index in [0.717, 1.165) is 48.4 Å². The lowest BCUT2D eigenvalue weighted by atomic mass is 10.3. The van der Waals surface area contributed by atoms with Gasteiger partial charge in [-0.3, -0.25) is 0 Å². The van der Waals surface area contributed by atoms with E-state index >= 15 is 0 Å². The lowest BCUT2D eigenvalue weighted by Crippen LogP contribution is -2.36. The van der Waals surface area contributed by atoms with Crippen LogP contribution in [0.1, 0.15) is 24.1 Å². The second-order valence-electron chi connectivity index (χ2n) is 7.77. The molecule has 31 heavy (non-hydrogen) atoms. The third kappa shape index (κ3) is 6.79. The lowest BCUT2D eigenvalue weighted by Gasteiger charge is -2.26. The van der Waals surface area contributed by atoms with E-state index in [1.807, 2.05) is 54.6 Å². The minimum atomic E-state index is 0.770. The average molecular weight is 452 g/mol. The first-order valence-corrected chi connectivity index (χ1v) is 12.2. The van der Waals surface area contributed by atoms with Gasteiger partial charge in [-0.15, -0.1) is 11.3 Å². The normalized spacial score (nSPS) is 13.8. The zero-order valence-electron chi connectivity index (χ0n) is 17.7. The number of nitrogens with one attached hydrogen (secondary N) is 1. The molecule has 1 aliphatic rings. The number of thiocarbonyl (C=S) groups is 1. The Morgan fingerprint density at radius 3 is 2.42 bits per heavy atom. The summed E-state index contributed by atoms with van der Waals surface area (Å²) in [6.45, 7) is 5.43. The molecule has 0 aliphatic carbocycles. The lowest BCUT2D eigenvalue weighted by molar-refractivity contribution is 0.307. The van der Waals surface area contributed by atoms with Crippen molar-refractivity contribution in [3.8, 4) is 11.5 Å². The summed E-state index contributed by atoms with van der Waals surface area (Å²) < 4.78 is 5.88. The first-order chi connectivity index (χ1) is 15.3. The largest absolute Gasteiger partial charge is 0.457 e. The maximum atomic E-state index is 5.88. The number of nitrogens with zero attached hydrogens (tertiary/aromatic N) is 2. The zero-order chi connectivity index (χ0) is 21.3. The number of hydrogen-bond acceptors (Lipinski definition) is 4. The van der Waals surface area contributed by atoms with Gasteiger partial charge in [0.15, 0.2) is 5.11 Å². The van der Waals surface area contributed by atoms with Crippen LogP contribution in [0.2, 0.25) is 0 Å². The van der Waals surface area contributed by atoms with E-state index in [4.69, 9.17) is 17.0 Å². The molecular weight excluding hydrogens is 422 g/mol. The fourth-order valence-electron chi connectivity index (χ4n) is 3.77. The number of hydrogen-bond donors (Lipinski definition) is 1. The number of para-hydroxylation sites is 1. The Balaban J connectivity index is 1.34. The summed E-state index contributed by atoms with van der Waals surface area (Å²) in [5.41, 5.74) is 0.973. The highest BCUT2D eigenvalue weighted by molar-refractivity contribution is 7.80. The molecular formula is C25H29N3OS2. The van der Waals surface area contributed by atoms with Crippen LogP contribution in [-0.2, 0) is 6.54 Å². The molecule has 4 rings (SSSR count). The molecule has 4 nitrogen and oxygen atoms in total. The van der Waals surface area contributed by atoms with Gasteiger partial charge in [0.25, 0.3) is 0 Å². The molecule has 0 atom stereocenters. The second-order valence-corrected chi connectivity index (χ2v) is 9.19. The molecule has 1 N–H and O–H groups in total. The summed E-state index contributed by atoms with van der Waals surface area (Å²) in [7, 11) is 0. The molecule has 2 heterocycles. The van der Waals surface area contributed by atoms with E-state index in [2.05, 4.69) is 32.6 Å². The Hall–Kier alpha value is -2.41. The molecule has 0 radical (unpaired) electrons. The van der Waals surface area contributed by atoms with E-state index < -0.39 is 0 Å². The predicted molar refractivity (Wildman–Crippen MR) is 134 cm³/mol. The molecule has 6 heteroatoms. The molecule has 162 valence electrons. The van der Waals surface area contributed by atoms with Crippen molar-refractivity contribution in [3.05, 3.63) is 77.0 Å². The Morgan fingerprint density at radius 2 is 1.71 bits per heavy atom. The molecule has 0 unspecified atom stereocenters. The highest BCUT2D eigenvalue weighted by atomic mass is 32.1. The van der Waals surface area contributed by atoms with Gasteiger partial charge in [-0.25, -0.2) is 0 Å². The minimum Gasteiger partial charge on any atom is -0.457 e. The third-order valence-electron chi connectivity index (χ3n) is 5.40. The van der Waals surface area contributed by atoms with Crippen molar-refractivity contribution in [1.29, 1.82) is 0 Å². The third-order valence-corrected chi connectivity index (χ3v) is 6.62.